The van der Waals surface area contributed by atoms with Crippen molar-refractivity contribution < 1.29 is 22.7 Å². The molecule has 7 heteroatoms. The average Bonchev–Trinajstić information content (AvgIpc) is 3.19. The van der Waals surface area contributed by atoms with Crippen LogP contribution in [0.1, 0.15) is 23.2 Å². The van der Waals surface area contributed by atoms with Crippen LogP contribution in [0.25, 0.3) is 0 Å². The minimum absolute atomic E-state index is 0.0815. The molecule has 0 spiro atoms. The van der Waals surface area contributed by atoms with E-state index in [-0.39, 0.29) is 17.7 Å². The van der Waals surface area contributed by atoms with Crippen molar-refractivity contribution in [3.63, 3.8) is 0 Å². The van der Waals surface area contributed by atoms with Crippen LogP contribution in [0, 0.1) is 3.57 Å². The molecule has 1 saturated carbocycles. The van der Waals surface area contributed by atoms with Gasteiger partial charge in [0.25, 0.3) is 5.91 Å². The largest absolute Gasteiger partial charge is 0.483 e. The molecule has 0 unspecified atom stereocenters. The van der Waals surface area contributed by atoms with Crippen LogP contribution in [0.2, 0.25) is 0 Å². The third kappa shape index (κ3) is 4.00. The van der Waals surface area contributed by atoms with Crippen molar-refractivity contribution in [3.8, 4) is 5.75 Å². The van der Waals surface area contributed by atoms with Gasteiger partial charge in [-0.05, 0) is 53.6 Å². The highest BCUT2D eigenvalue weighted by molar-refractivity contribution is 14.1. The second-order valence-corrected chi connectivity index (χ2v) is 5.86. The minimum atomic E-state index is -4.39. The zero-order valence-corrected chi connectivity index (χ0v) is 12.9. The van der Waals surface area contributed by atoms with Gasteiger partial charge in [0.1, 0.15) is 5.75 Å². The maximum atomic E-state index is 12.2. The summed E-state index contributed by atoms with van der Waals surface area (Å²) in [5, 5.41) is 0. The van der Waals surface area contributed by atoms with Gasteiger partial charge in [0.15, 0.2) is 6.61 Å². The summed E-state index contributed by atoms with van der Waals surface area (Å²) in [6.07, 6.45) is -2.44. The second-order valence-electron chi connectivity index (χ2n) is 4.70. The number of rotatable bonds is 4. The van der Waals surface area contributed by atoms with Gasteiger partial charge in [0, 0.05) is 18.7 Å². The van der Waals surface area contributed by atoms with E-state index >= 15 is 0 Å². The molecule has 0 heterocycles. The molecule has 0 aromatic heterocycles. The van der Waals surface area contributed by atoms with Gasteiger partial charge in [-0.25, -0.2) is 0 Å². The first-order valence-corrected chi connectivity index (χ1v) is 7.12. The lowest BCUT2D eigenvalue weighted by molar-refractivity contribution is -0.153. The van der Waals surface area contributed by atoms with Gasteiger partial charge < -0.3 is 9.64 Å². The molecule has 20 heavy (non-hydrogen) atoms. The number of carbonyl (C=O) groups excluding carboxylic acids is 1. The Bertz CT molecular complexity index is 515. The summed E-state index contributed by atoms with van der Waals surface area (Å²) in [4.78, 5) is 13.8. The Morgan fingerprint density at radius 2 is 2.10 bits per heavy atom. The van der Waals surface area contributed by atoms with E-state index in [4.69, 9.17) is 4.74 Å². The first kappa shape index (κ1) is 15.4. The molecule has 0 N–H and O–H groups in total. The fraction of sp³-hybridized carbons (Fsp3) is 0.462. The molecule has 1 fully saturated rings. The number of benzene rings is 1. The monoisotopic (exact) mass is 399 g/mol. The van der Waals surface area contributed by atoms with Crippen LogP contribution in [-0.4, -0.2) is 36.7 Å². The molecule has 0 radical (unpaired) electrons. The van der Waals surface area contributed by atoms with Gasteiger partial charge >= 0.3 is 6.18 Å². The summed E-state index contributed by atoms with van der Waals surface area (Å²) in [7, 11) is 1.70. The number of amides is 1. The second kappa shape index (κ2) is 5.79. The van der Waals surface area contributed by atoms with Crippen molar-refractivity contribution in [2.24, 2.45) is 0 Å². The van der Waals surface area contributed by atoms with Gasteiger partial charge in [-0.1, -0.05) is 0 Å². The van der Waals surface area contributed by atoms with Gasteiger partial charge in [-0.15, -0.1) is 0 Å². The summed E-state index contributed by atoms with van der Waals surface area (Å²) in [5.74, 6) is -0.112. The zero-order valence-electron chi connectivity index (χ0n) is 10.7. The molecule has 2 rings (SSSR count). The van der Waals surface area contributed by atoms with Crippen molar-refractivity contribution >= 4 is 28.5 Å². The zero-order chi connectivity index (χ0) is 14.9. The molecular formula is C13H13F3INO2. The van der Waals surface area contributed by atoms with Gasteiger partial charge in [-0.2, -0.15) is 13.2 Å². The minimum Gasteiger partial charge on any atom is -0.483 e. The normalized spacial score (nSPS) is 15.1. The predicted molar refractivity (Wildman–Crippen MR) is 75.8 cm³/mol. The third-order valence-electron chi connectivity index (χ3n) is 2.98. The van der Waals surface area contributed by atoms with Crippen molar-refractivity contribution in [2.45, 2.75) is 25.1 Å². The number of nitrogens with zero attached hydrogens (tertiary/aromatic N) is 1. The highest BCUT2D eigenvalue weighted by Gasteiger charge is 2.31. The molecule has 0 bridgehead atoms. The molecule has 110 valence electrons. The molecule has 1 amide bonds. The molecule has 1 aromatic carbocycles. The highest BCUT2D eigenvalue weighted by Crippen LogP contribution is 2.29. The van der Waals surface area contributed by atoms with Crippen LogP contribution in [0.4, 0.5) is 13.2 Å². The van der Waals surface area contributed by atoms with Crippen molar-refractivity contribution in [3.05, 3.63) is 27.3 Å². The van der Waals surface area contributed by atoms with E-state index in [0.717, 1.165) is 12.8 Å². The highest BCUT2D eigenvalue weighted by atomic mass is 127. The standard InChI is InChI=1S/C13H13F3INO2/c1-18(9-3-4-9)12(19)8-2-5-10(17)11(6-8)20-7-13(14,15)16/h2,5-6,9H,3-4,7H2,1H3. The van der Waals surface area contributed by atoms with Crippen LogP contribution in [0.15, 0.2) is 18.2 Å². The molecule has 1 aliphatic rings. The SMILES string of the molecule is CN(C(=O)c1ccc(I)c(OCC(F)(F)F)c1)C1CC1. The Hall–Kier alpha value is -0.990. The molecule has 0 aliphatic heterocycles. The van der Waals surface area contributed by atoms with E-state index in [0.29, 0.717) is 9.13 Å². The Labute approximate surface area is 128 Å². The van der Waals surface area contributed by atoms with Crippen LogP contribution in [-0.2, 0) is 0 Å². The summed E-state index contributed by atoms with van der Waals surface area (Å²) in [5.41, 5.74) is 0.344. The van der Waals surface area contributed by atoms with Crippen molar-refractivity contribution in [2.75, 3.05) is 13.7 Å². The Morgan fingerprint density at radius 3 is 2.65 bits per heavy atom. The summed E-state index contributed by atoms with van der Waals surface area (Å²) in [6, 6.07) is 4.81. The fourth-order valence-corrected chi connectivity index (χ4v) is 2.23. The summed E-state index contributed by atoms with van der Waals surface area (Å²) in [6.45, 7) is -1.36. The first-order chi connectivity index (χ1) is 9.28. The average molecular weight is 399 g/mol. The predicted octanol–water partition coefficient (Wildman–Crippen LogP) is 3.47. The number of alkyl halides is 3. The van der Waals surface area contributed by atoms with Gasteiger partial charge in [-0.3, -0.25) is 4.79 Å². The quantitative estimate of drug-likeness (QED) is 0.726. The molecule has 0 atom stereocenters. The number of hydrogen-bond donors (Lipinski definition) is 0. The number of halogens is 4. The van der Waals surface area contributed by atoms with Crippen molar-refractivity contribution in [1.29, 1.82) is 0 Å². The molecule has 1 aliphatic carbocycles. The molecule has 1 aromatic rings. The van der Waals surface area contributed by atoms with E-state index in [2.05, 4.69) is 0 Å². The topological polar surface area (TPSA) is 29.5 Å². The summed E-state index contributed by atoms with van der Waals surface area (Å²) < 4.78 is 41.8. The smallest absolute Gasteiger partial charge is 0.422 e. The Kier molecular flexibility index (Phi) is 4.46. The van der Waals surface area contributed by atoms with Gasteiger partial charge in [0.05, 0.1) is 3.57 Å². The van der Waals surface area contributed by atoms with Crippen LogP contribution >= 0.6 is 22.6 Å². The molecule has 3 nitrogen and oxygen atoms in total. The van der Waals surface area contributed by atoms with E-state index < -0.39 is 12.8 Å². The van der Waals surface area contributed by atoms with Crippen molar-refractivity contribution in [1.82, 2.24) is 4.90 Å². The maximum Gasteiger partial charge on any atom is 0.422 e. The van der Waals surface area contributed by atoms with Crippen LogP contribution < -0.4 is 4.74 Å². The van der Waals surface area contributed by atoms with Gasteiger partial charge in [0.2, 0.25) is 0 Å². The van der Waals surface area contributed by atoms with E-state index in [1.807, 2.05) is 22.6 Å². The lowest BCUT2D eigenvalue weighted by Gasteiger charge is -2.17. The number of carbonyl (C=O) groups is 1. The fourth-order valence-electron chi connectivity index (χ4n) is 1.74. The maximum absolute atomic E-state index is 12.2. The lowest BCUT2D eigenvalue weighted by Crippen LogP contribution is -2.28. The van der Waals surface area contributed by atoms with E-state index in [1.165, 1.54) is 6.07 Å². The van der Waals surface area contributed by atoms with Crippen LogP contribution in [0.3, 0.4) is 0 Å². The van der Waals surface area contributed by atoms with Crippen LogP contribution in [0.5, 0.6) is 5.75 Å². The lowest BCUT2D eigenvalue weighted by atomic mass is 10.2. The van der Waals surface area contributed by atoms with E-state index in [9.17, 15) is 18.0 Å². The Balaban J connectivity index is 2.13. The Morgan fingerprint density at radius 1 is 1.45 bits per heavy atom. The first-order valence-electron chi connectivity index (χ1n) is 6.04. The molecule has 0 saturated heterocycles. The third-order valence-corrected chi connectivity index (χ3v) is 3.88. The van der Waals surface area contributed by atoms with E-state index in [1.54, 1.807) is 24.1 Å². The summed E-state index contributed by atoms with van der Waals surface area (Å²) >= 11 is 1.88. The number of hydrogen-bond acceptors (Lipinski definition) is 2. The molecular weight excluding hydrogens is 386 g/mol. The number of ether oxygens (including phenoxy) is 1.